The third kappa shape index (κ3) is 2.05. The largest absolute Gasteiger partial charge is 0.338 e. The minimum atomic E-state index is 0.223. The van der Waals surface area contributed by atoms with Gasteiger partial charge in [-0.3, -0.25) is 9.48 Å². The molecule has 1 aromatic rings. The van der Waals surface area contributed by atoms with Crippen LogP contribution in [0.5, 0.6) is 0 Å². The average molecular weight is 275 g/mol. The van der Waals surface area contributed by atoms with E-state index in [1.54, 1.807) is 0 Å². The minimum Gasteiger partial charge on any atom is -0.338 e. The first-order chi connectivity index (χ1) is 9.43. The molecule has 0 bridgehead atoms. The molecule has 0 radical (unpaired) electrons. The zero-order valence-corrected chi connectivity index (χ0v) is 13.0. The fourth-order valence-corrected chi connectivity index (χ4v) is 3.48. The monoisotopic (exact) mass is 275 g/mol. The summed E-state index contributed by atoms with van der Waals surface area (Å²) in [5.41, 5.74) is 2.74. The minimum absolute atomic E-state index is 0.223. The van der Waals surface area contributed by atoms with E-state index < -0.39 is 0 Å². The second kappa shape index (κ2) is 4.61. The van der Waals surface area contributed by atoms with Gasteiger partial charge in [0.25, 0.3) is 0 Å². The number of hydrogen-bond acceptors (Lipinski definition) is 2. The molecule has 1 fully saturated rings. The van der Waals surface area contributed by atoms with Crippen molar-refractivity contribution in [3.63, 3.8) is 0 Å². The van der Waals surface area contributed by atoms with Gasteiger partial charge in [0.1, 0.15) is 0 Å². The summed E-state index contributed by atoms with van der Waals surface area (Å²) in [6, 6.07) is 0. The second-order valence-corrected chi connectivity index (χ2v) is 7.02. The number of carbonyl (C=O) groups excluding carboxylic acids is 1. The molecule has 0 aromatic carbocycles. The van der Waals surface area contributed by atoms with Gasteiger partial charge in [-0.05, 0) is 30.6 Å². The van der Waals surface area contributed by atoms with Gasteiger partial charge < -0.3 is 4.90 Å². The number of rotatable bonds is 2. The maximum absolute atomic E-state index is 12.7. The number of hydrogen-bond donors (Lipinski definition) is 0. The fourth-order valence-electron chi connectivity index (χ4n) is 3.48. The Morgan fingerprint density at radius 2 is 2.25 bits per heavy atom. The predicted molar refractivity (Wildman–Crippen MR) is 78.0 cm³/mol. The molecule has 3 rings (SSSR count). The van der Waals surface area contributed by atoms with Gasteiger partial charge in [0.05, 0.1) is 6.20 Å². The van der Waals surface area contributed by atoms with Crippen molar-refractivity contribution in [3.05, 3.63) is 17.5 Å². The molecule has 1 amide bonds. The smallest absolute Gasteiger partial charge is 0.226 e. The Kier molecular flexibility index (Phi) is 3.14. The molecule has 0 N–H and O–H groups in total. The maximum Gasteiger partial charge on any atom is 0.226 e. The molecule has 4 nitrogen and oxygen atoms in total. The highest BCUT2D eigenvalue weighted by Crippen LogP contribution is 2.58. The van der Waals surface area contributed by atoms with Crippen LogP contribution < -0.4 is 0 Å². The summed E-state index contributed by atoms with van der Waals surface area (Å²) < 4.78 is 1.96. The molecule has 0 saturated heterocycles. The molecule has 1 aliphatic carbocycles. The summed E-state index contributed by atoms with van der Waals surface area (Å²) in [6.07, 6.45) is 5.06. The van der Waals surface area contributed by atoms with E-state index in [0.29, 0.717) is 11.8 Å². The summed E-state index contributed by atoms with van der Waals surface area (Å²) in [5.74, 6) is 1.18. The van der Waals surface area contributed by atoms with Crippen LogP contribution in [0.3, 0.4) is 0 Å². The number of carbonyl (C=O) groups is 1. The summed E-state index contributed by atoms with van der Waals surface area (Å²) in [6.45, 7) is 8.35. The molecule has 1 saturated carbocycles. The second-order valence-electron chi connectivity index (χ2n) is 7.02. The highest BCUT2D eigenvalue weighted by Gasteiger charge is 2.57. The Balaban J connectivity index is 1.74. The van der Waals surface area contributed by atoms with Gasteiger partial charge in [-0.1, -0.05) is 20.8 Å². The first kappa shape index (κ1) is 13.7. The van der Waals surface area contributed by atoms with Crippen molar-refractivity contribution < 1.29 is 4.79 Å². The lowest BCUT2D eigenvalue weighted by Gasteiger charge is -2.23. The van der Waals surface area contributed by atoms with E-state index in [4.69, 9.17) is 0 Å². The van der Waals surface area contributed by atoms with E-state index in [9.17, 15) is 4.79 Å². The van der Waals surface area contributed by atoms with Gasteiger partial charge in [-0.15, -0.1) is 0 Å². The first-order valence-electron chi connectivity index (χ1n) is 7.72. The normalized spacial score (nSPS) is 29.2. The molecular formula is C16H25N3O. The Bertz CT molecular complexity index is 534. The van der Waals surface area contributed by atoms with Gasteiger partial charge in [-0.2, -0.15) is 5.10 Å². The molecule has 2 unspecified atom stereocenters. The van der Waals surface area contributed by atoms with Crippen molar-refractivity contribution in [1.29, 1.82) is 0 Å². The van der Waals surface area contributed by atoms with Crippen LogP contribution >= 0.6 is 0 Å². The number of fused-ring (bicyclic) bond motifs is 1. The molecule has 2 atom stereocenters. The molecule has 0 spiro atoms. The van der Waals surface area contributed by atoms with E-state index in [1.807, 2.05) is 17.9 Å². The van der Waals surface area contributed by atoms with Crippen LogP contribution in [0, 0.1) is 17.3 Å². The quantitative estimate of drug-likeness (QED) is 0.831. The fraction of sp³-hybridized carbons (Fsp3) is 0.750. The Hall–Kier alpha value is -1.32. The van der Waals surface area contributed by atoms with E-state index in [1.165, 1.54) is 11.3 Å². The molecule has 2 aliphatic rings. The SMILES string of the molecule is CC(C)C1(C)CC1C(=O)N1CCCc2c(cnn2C)C1. The summed E-state index contributed by atoms with van der Waals surface area (Å²) in [7, 11) is 1.99. The van der Waals surface area contributed by atoms with Crippen molar-refractivity contribution >= 4 is 5.91 Å². The van der Waals surface area contributed by atoms with Crippen LogP contribution in [0.15, 0.2) is 6.20 Å². The van der Waals surface area contributed by atoms with Gasteiger partial charge in [0.2, 0.25) is 5.91 Å². The van der Waals surface area contributed by atoms with Crippen LogP contribution in [-0.2, 0) is 24.8 Å². The summed E-state index contributed by atoms with van der Waals surface area (Å²) in [5, 5.41) is 4.33. The van der Waals surface area contributed by atoms with Crippen LogP contribution in [0.4, 0.5) is 0 Å². The standard InChI is InChI=1S/C16H25N3O/c1-11(2)16(3)8-13(16)15(20)19-7-5-6-14-12(10-19)9-17-18(14)4/h9,11,13H,5-8,10H2,1-4H3. The van der Waals surface area contributed by atoms with Gasteiger partial charge >= 0.3 is 0 Å². The molecular weight excluding hydrogens is 250 g/mol. The number of nitrogens with zero attached hydrogens (tertiary/aromatic N) is 3. The highest BCUT2D eigenvalue weighted by atomic mass is 16.2. The van der Waals surface area contributed by atoms with Crippen molar-refractivity contribution in [3.8, 4) is 0 Å². The van der Waals surface area contributed by atoms with Crippen LogP contribution in [-0.4, -0.2) is 27.1 Å². The molecule has 110 valence electrons. The Labute approximate surface area is 121 Å². The van der Waals surface area contributed by atoms with Crippen LogP contribution in [0.1, 0.15) is 44.9 Å². The van der Waals surface area contributed by atoms with Gasteiger partial charge in [0, 0.05) is 37.3 Å². The van der Waals surface area contributed by atoms with Crippen LogP contribution in [0.2, 0.25) is 0 Å². The maximum atomic E-state index is 12.7. The Morgan fingerprint density at radius 1 is 1.50 bits per heavy atom. The number of aromatic nitrogens is 2. The van der Waals surface area contributed by atoms with Gasteiger partial charge in [0.15, 0.2) is 0 Å². The highest BCUT2D eigenvalue weighted by molar-refractivity contribution is 5.82. The van der Waals surface area contributed by atoms with Crippen molar-refractivity contribution in [2.45, 2.75) is 46.6 Å². The van der Waals surface area contributed by atoms with Crippen LogP contribution in [0.25, 0.3) is 0 Å². The third-order valence-electron chi connectivity index (χ3n) is 5.56. The lowest BCUT2D eigenvalue weighted by Crippen LogP contribution is -2.33. The first-order valence-corrected chi connectivity index (χ1v) is 7.72. The zero-order chi connectivity index (χ0) is 14.5. The molecule has 1 aliphatic heterocycles. The lowest BCUT2D eigenvalue weighted by molar-refractivity contribution is -0.134. The zero-order valence-electron chi connectivity index (χ0n) is 13.0. The van der Waals surface area contributed by atoms with Gasteiger partial charge in [-0.25, -0.2) is 0 Å². The van der Waals surface area contributed by atoms with E-state index in [0.717, 1.165) is 32.4 Å². The Morgan fingerprint density at radius 3 is 2.90 bits per heavy atom. The van der Waals surface area contributed by atoms with E-state index in [-0.39, 0.29) is 11.3 Å². The third-order valence-corrected chi connectivity index (χ3v) is 5.56. The molecule has 1 aromatic heterocycles. The van der Waals surface area contributed by atoms with Crippen molar-refractivity contribution in [2.24, 2.45) is 24.3 Å². The molecule has 4 heteroatoms. The number of aryl methyl sites for hydroxylation is 1. The van der Waals surface area contributed by atoms with E-state index >= 15 is 0 Å². The molecule has 20 heavy (non-hydrogen) atoms. The number of amides is 1. The average Bonchev–Trinajstić information content (AvgIpc) is 3.06. The topological polar surface area (TPSA) is 38.1 Å². The van der Waals surface area contributed by atoms with Crippen molar-refractivity contribution in [2.75, 3.05) is 6.54 Å². The summed E-state index contributed by atoms with van der Waals surface area (Å²) >= 11 is 0. The van der Waals surface area contributed by atoms with E-state index in [2.05, 4.69) is 30.8 Å². The molecule has 2 heterocycles. The summed E-state index contributed by atoms with van der Waals surface area (Å²) in [4.78, 5) is 14.8. The lowest BCUT2D eigenvalue weighted by atomic mass is 9.91. The van der Waals surface area contributed by atoms with Crippen molar-refractivity contribution in [1.82, 2.24) is 14.7 Å². The predicted octanol–water partition coefficient (Wildman–Crippen LogP) is 2.38.